The van der Waals surface area contributed by atoms with Crippen LogP contribution in [0.1, 0.15) is 23.6 Å². The average molecular weight is 241 g/mol. The van der Waals surface area contributed by atoms with Crippen LogP contribution in [-0.2, 0) is 0 Å². The maximum absolute atomic E-state index is 8.38. The summed E-state index contributed by atoms with van der Waals surface area (Å²) >= 11 is 0. The van der Waals surface area contributed by atoms with Gasteiger partial charge < -0.3 is 5.21 Å². The smallest absolute Gasteiger partial charge is 0.0836 e. The Morgan fingerprint density at radius 3 is 1.67 bits per heavy atom. The van der Waals surface area contributed by atoms with Crippen LogP contribution in [0.5, 0.6) is 0 Å². The Kier molecular flexibility index (Phi) is 5.65. The molecule has 94 valence electrons. The predicted molar refractivity (Wildman–Crippen MR) is 76.4 cm³/mol. The zero-order chi connectivity index (χ0) is 13.4. The van der Waals surface area contributed by atoms with E-state index in [-0.39, 0.29) is 0 Å². The van der Waals surface area contributed by atoms with Gasteiger partial charge in [0.2, 0.25) is 0 Å². The van der Waals surface area contributed by atoms with Crippen molar-refractivity contribution < 1.29 is 5.21 Å². The molecule has 0 aliphatic carbocycles. The molecule has 2 rings (SSSR count). The molecule has 0 amide bonds. The van der Waals surface area contributed by atoms with Crippen molar-refractivity contribution in [2.45, 2.75) is 20.8 Å². The van der Waals surface area contributed by atoms with Gasteiger partial charge in [0.15, 0.2) is 0 Å². The van der Waals surface area contributed by atoms with Crippen LogP contribution in [-0.4, -0.2) is 10.9 Å². The van der Waals surface area contributed by atoms with Gasteiger partial charge in [-0.15, -0.1) is 0 Å². The lowest BCUT2D eigenvalue weighted by atomic mass is 10.1. The van der Waals surface area contributed by atoms with E-state index < -0.39 is 0 Å². The minimum absolute atomic E-state index is 0.639. The first kappa shape index (κ1) is 14.0. The minimum Gasteiger partial charge on any atom is -0.411 e. The van der Waals surface area contributed by atoms with E-state index in [1.807, 2.05) is 30.3 Å². The third-order valence-electron chi connectivity index (χ3n) is 2.77. The van der Waals surface area contributed by atoms with Gasteiger partial charge >= 0.3 is 0 Å². The third-order valence-corrected chi connectivity index (χ3v) is 2.77. The summed E-state index contributed by atoms with van der Waals surface area (Å²) in [4.78, 5) is 0. The van der Waals surface area contributed by atoms with Crippen LogP contribution in [0.4, 0.5) is 0 Å². The van der Waals surface area contributed by atoms with Gasteiger partial charge in [-0.2, -0.15) is 0 Å². The molecule has 0 aliphatic rings. The van der Waals surface area contributed by atoms with Gasteiger partial charge in [-0.1, -0.05) is 59.8 Å². The molecular weight excluding hydrogens is 222 g/mol. The van der Waals surface area contributed by atoms with Crippen molar-refractivity contribution in [2.75, 3.05) is 0 Å². The van der Waals surface area contributed by atoms with Crippen LogP contribution < -0.4 is 0 Å². The number of rotatable bonds is 1. The van der Waals surface area contributed by atoms with Gasteiger partial charge in [0, 0.05) is 0 Å². The quantitative estimate of drug-likeness (QED) is 0.453. The molecule has 18 heavy (non-hydrogen) atoms. The highest BCUT2D eigenvalue weighted by molar-refractivity contribution is 5.98. The van der Waals surface area contributed by atoms with Crippen molar-refractivity contribution in [3.8, 4) is 0 Å². The maximum atomic E-state index is 8.38. The zero-order valence-corrected chi connectivity index (χ0v) is 11.1. The van der Waals surface area contributed by atoms with Crippen molar-refractivity contribution in [1.29, 1.82) is 0 Å². The Hall–Kier alpha value is -2.09. The molecular formula is C16H19NO. The standard InChI is InChI=1S/C8H9NO.C8H10/c1-7(9-10)8-5-3-2-4-6-8;1-7-5-3-4-6-8(7)2/h2-6,10H,1H3;3-6H,1-2H3. The molecule has 2 aromatic carbocycles. The number of hydrogen-bond donors (Lipinski definition) is 1. The lowest BCUT2D eigenvalue weighted by Gasteiger charge is -1.94. The molecule has 0 saturated heterocycles. The van der Waals surface area contributed by atoms with Gasteiger partial charge in [-0.05, 0) is 37.5 Å². The van der Waals surface area contributed by atoms with E-state index in [0.717, 1.165) is 5.56 Å². The monoisotopic (exact) mass is 241 g/mol. The summed E-state index contributed by atoms with van der Waals surface area (Å²) in [6.07, 6.45) is 0. The summed E-state index contributed by atoms with van der Waals surface area (Å²) < 4.78 is 0. The second kappa shape index (κ2) is 7.28. The van der Waals surface area contributed by atoms with Crippen molar-refractivity contribution in [1.82, 2.24) is 0 Å². The molecule has 0 bridgehead atoms. The van der Waals surface area contributed by atoms with E-state index in [2.05, 4.69) is 43.3 Å². The fourth-order valence-corrected chi connectivity index (χ4v) is 1.40. The second-order valence-electron chi connectivity index (χ2n) is 4.14. The van der Waals surface area contributed by atoms with Crippen LogP contribution in [0.15, 0.2) is 59.8 Å². The molecule has 0 aliphatic heterocycles. The highest BCUT2D eigenvalue weighted by Gasteiger charge is 1.92. The van der Waals surface area contributed by atoms with Gasteiger partial charge in [-0.3, -0.25) is 0 Å². The Balaban J connectivity index is 0.000000184. The highest BCUT2D eigenvalue weighted by Crippen LogP contribution is 2.02. The molecule has 0 spiro atoms. The molecule has 2 nitrogen and oxygen atoms in total. The van der Waals surface area contributed by atoms with E-state index in [4.69, 9.17) is 5.21 Å². The maximum Gasteiger partial charge on any atom is 0.0836 e. The van der Waals surface area contributed by atoms with Gasteiger partial charge in [0.05, 0.1) is 5.71 Å². The van der Waals surface area contributed by atoms with Crippen LogP contribution in [0, 0.1) is 13.8 Å². The fourth-order valence-electron chi connectivity index (χ4n) is 1.40. The molecule has 0 aromatic heterocycles. The first-order chi connectivity index (χ1) is 8.65. The van der Waals surface area contributed by atoms with Crippen LogP contribution in [0.3, 0.4) is 0 Å². The molecule has 2 aromatic rings. The van der Waals surface area contributed by atoms with Gasteiger partial charge in [0.25, 0.3) is 0 Å². The van der Waals surface area contributed by atoms with Crippen LogP contribution in [0.25, 0.3) is 0 Å². The van der Waals surface area contributed by atoms with Crippen LogP contribution >= 0.6 is 0 Å². The zero-order valence-electron chi connectivity index (χ0n) is 11.1. The fraction of sp³-hybridized carbons (Fsp3) is 0.188. The predicted octanol–water partition coefficient (Wildman–Crippen LogP) is 4.19. The molecule has 1 N–H and O–H groups in total. The summed E-state index contributed by atoms with van der Waals surface area (Å²) in [7, 11) is 0. The van der Waals surface area contributed by atoms with E-state index in [9.17, 15) is 0 Å². The molecule has 0 saturated carbocycles. The minimum atomic E-state index is 0.639. The largest absolute Gasteiger partial charge is 0.411 e. The average Bonchev–Trinajstić information content (AvgIpc) is 2.43. The SMILES string of the molecule is CC(=NO)c1ccccc1.Cc1ccccc1C. The van der Waals surface area contributed by atoms with E-state index >= 15 is 0 Å². The van der Waals surface area contributed by atoms with Crippen molar-refractivity contribution in [3.05, 3.63) is 71.3 Å². The van der Waals surface area contributed by atoms with Crippen molar-refractivity contribution >= 4 is 5.71 Å². The van der Waals surface area contributed by atoms with Crippen molar-refractivity contribution in [3.63, 3.8) is 0 Å². The lowest BCUT2D eigenvalue weighted by Crippen LogP contribution is -1.92. The second-order valence-corrected chi connectivity index (χ2v) is 4.14. The number of aryl methyl sites for hydroxylation is 2. The highest BCUT2D eigenvalue weighted by atomic mass is 16.4. The number of benzene rings is 2. The number of hydrogen-bond acceptors (Lipinski definition) is 2. The Bertz CT molecular complexity index is 483. The summed E-state index contributed by atoms with van der Waals surface area (Å²) in [6, 6.07) is 17.9. The lowest BCUT2D eigenvalue weighted by molar-refractivity contribution is 0.319. The van der Waals surface area contributed by atoms with E-state index in [0.29, 0.717) is 5.71 Å². The van der Waals surface area contributed by atoms with E-state index in [1.54, 1.807) is 6.92 Å². The molecule has 0 fully saturated rings. The Morgan fingerprint density at radius 1 is 0.833 bits per heavy atom. The number of nitrogens with zero attached hydrogens (tertiary/aromatic N) is 1. The van der Waals surface area contributed by atoms with Crippen molar-refractivity contribution in [2.24, 2.45) is 5.16 Å². The van der Waals surface area contributed by atoms with Gasteiger partial charge in [0.1, 0.15) is 0 Å². The third kappa shape index (κ3) is 4.42. The molecule has 0 radical (unpaired) electrons. The Morgan fingerprint density at radius 2 is 1.28 bits per heavy atom. The first-order valence-corrected chi connectivity index (χ1v) is 5.91. The molecule has 0 atom stereocenters. The Labute approximate surface area is 109 Å². The molecule has 0 heterocycles. The first-order valence-electron chi connectivity index (χ1n) is 5.91. The topological polar surface area (TPSA) is 32.6 Å². The van der Waals surface area contributed by atoms with E-state index in [1.165, 1.54) is 11.1 Å². The number of oxime groups is 1. The summed E-state index contributed by atoms with van der Waals surface area (Å²) in [5.41, 5.74) is 4.32. The van der Waals surface area contributed by atoms with Crippen LogP contribution in [0.2, 0.25) is 0 Å². The summed E-state index contributed by atoms with van der Waals surface area (Å²) in [6.45, 7) is 6.00. The van der Waals surface area contributed by atoms with Gasteiger partial charge in [-0.25, -0.2) is 0 Å². The normalized spacial score (nSPS) is 10.5. The molecule has 2 heteroatoms. The summed E-state index contributed by atoms with van der Waals surface area (Å²) in [5, 5.41) is 11.5. The molecule has 0 unspecified atom stereocenters. The summed E-state index contributed by atoms with van der Waals surface area (Å²) in [5.74, 6) is 0.